The van der Waals surface area contributed by atoms with Crippen molar-refractivity contribution in [1.29, 1.82) is 0 Å². The van der Waals surface area contributed by atoms with E-state index in [0.29, 0.717) is 0 Å². The fourth-order valence-corrected chi connectivity index (χ4v) is 6.35. The third-order valence-corrected chi connectivity index (χ3v) is 9.96. The predicted molar refractivity (Wildman–Crippen MR) is 264 cm³/mol. The van der Waals surface area contributed by atoms with Crippen molar-refractivity contribution >= 4 is 69.9 Å². The van der Waals surface area contributed by atoms with Gasteiger partial charge in [-0.05, 0) is 121 Å². The van der Waals surface area contributed by atoms with Crippen LogP contribution in [0.1, 0.15) is 63.7 Å². The van der Waals surface area contributed by atoms with Gasteiger partial charge in [0.1, 0.15) is 45.5 Å². The number of halogens is 12. The molecule has 438 valence electrons. The Morgan fingerprint density at radius 2 is 0.488 bits per heavy atom. The summed E-state index contributed by atoms with van der Waals surface area (Å²) in [5.74, 6) is -4.92. The number of hydrogen-bond donors (Lipinski definition) is 8. The molecule has 2 radical (unpaired) electrons. The number of alkyl halides is 12. The Bertz CT molecular complexity index is 3030. The van der Waals surface area contributed by atoms with E-state index in [0.717, 1.165) is 48.5 Å². The summed E-state index contributed by atoms with van der Waals surface area (Å²) >= 11 is 0. The molecule has 0 fully saturated rings. The van der Waals surface area contributed by atoms with Gasteiger partial charge in [0.15, 0.2) is 0 Å². The van der Waals surface area contributed by atoms with Crippen LogP contribution < -0.4 is 21.3 Å². The topological polar surface area (TPSA) is 249 Å². The number of hydrogen-bond acceptors (Lipinski definition) is 12. The van der Waals surface area contributed by atoms with Crippen molar-refractivity contribution < 1.29 is 126 Å². The van der Waals surface area contributed by atoms with Gasteiger partial charge in [-0.15, -0.1) is 0 Å². The van der Waals surface area contributed by atoms with E-state index in [4.69, 9.17) is 20.4 Å². The Kier molecular flexibility index (Phi) is 23.9. The number of carboxylic acids is 4. The molecule has 8 N–H and O–H groups in total. The maximum absolute atomic E-state index is 12.6. The Morgan fingerprint density at radius 3 is 0.646 bits per heavy atom. The van der Waals surface area contributed by atoms with Gasteiger partial charge in [0.25, 0.3) is 0 Å². The SMILES string of the molecule is O=C(O)c1cccnc1Nc1cccc(C(F)(F)F)c1.O=C(O)c1cccnc1Nc1cccc(C(F)(F)F)c1.O=C(O)c1cccnc1Nc1cccc(C(F)(F)F)c1.O=C(O)c1cccnc1Nc1cccc(C(F)(F)F)c1.[Cu].[Cu]. The summed E-state index contributed by atoms with van der Waals surface area (Å²) in [6, 6.07) is 28.8. The van der Waals surface area contributed by atoms with Crippen molar-refractivity contribution in [3.8, 4) is 0 Å². The summed E-state index contributed by atoms with van der Waals surface area (Å²) in [6.45, 7) is 0. The number of nitrogens with one attached hydrogen (secondary N) is 4. The average Bonchev–Trinajstić information content (AvgIpc) is 3.39. The second kappa shape index (κ2) is 29.3. The second-order valence-corrected chi connectivity index (χ2v) is 15.6. The molecular formula is C52H36Cu2F12N8O8. The van der Waals surface area contributed by atoms with Crippen molar-refractivity contribution in [3.63, 3.8) is 0 Å². The van der Waals surface area contributed by atoms with E-state index < -0.39 is 70.8 Å². The van der Waals surface area contributed by atoms with Gasteiger partial charge in [-0.2, -0.15) is 52.7 Å². The van der Waals surface area contributed by atoms with Crippen LogP contribution in [0.25, 0.3) is 0 Å². The molecular weight excluding hydrogens is 1220 g/mol. The molecule has 0 saturated carbocycles. The predicted octanol–water partition coefficient (Wildman–Crippen LogP) is 14.2. The molecule has 4 heterocycles. The quantitative estimate of drug-likeness (QED) is 0.0418. The van der Waals surface area contributed by atoms with Crippen LogP contribution in [0.5, 0.6) is 0 Å². The molecule has 82 heavy (non-hydrogen) atoms. The molecule has 0 bridgehead atoms. The van der Waals surface area contributed by atoms with Crippen molar-refractivity contribution in [2.75, 3.05) is 21.3 Å². The first kappa shape index (κ1) is 67.0. The van der Waals surface area contributed by atoms with Crippen LogP contribution in [0.15, 0.2) is 170 Å². The molecule has 4 aromatic carbocycles. The van der Waals surface area contributed by atoms with Gasteiger partial charge >= 0.3 is 48.6 Å². The van der Waals surface area contributed by atoms with Crippen LogP contribution in [0, 0.1) is 0 Å². The molecule has 0 amide bonds. The number of benzene rings is 4. The minimum atomic E-state index is -4.46. The number of rotatable bonds is 12. The van der Waals surface area contributed by atoms with Gasteiger partial charge < -0.3 is 41.7 Å². The largest absolute Gasteiger partial charge is 0.478 e. The van der Waals surface area contributed by atoms with Crippen LogP contribution in [-0.2, 0) is 58.8 Å². The fraction of sp³-hybridized carbons (Fsp3) is 0.0769. The van der Waals surface area contributed by atoms with Gasteiger partial charge in [0, 0.05) is 81.7 Å². The summed E-state index contributed by atoms with van der Waals surface area (Å²) in [4.78, 5) is 59.2. The average molecular weight is 1260 g/mol. The number of aromatic nitrogens is 4. The Labute approximate surface area is 475 Å². The fourth-order valence-electron chi connectivity index (χ4n) is 6.35. The van der Waals surface area contributed by atoms with Crippen LogP contribution in [-0.4, -0.2) is 64.2 Å². The van der Waals surface area contributed by atoms with Crippen LogP contribution in [0.4, 0.5) is 98.7 Å². The molecule has 0 aliphatic carbocycles. The van der Waals surface area contributed by atoms with E-state index in [1.807, 2.05) is 0 Å². The minimum absolute atomic E-state index is 0. The van der Waals surface area contributed by atoms with E-state index in [-0.39, 0.29) is 102 Å². The smallest absolute Gasteiger partial charge is 0.416 e. The first-order chi connectivity index (χ1) is 37.5. The molecule has 0 spiro atoms. The number of nitrogens with zero attached hydrogens (tertiary/aromatic N) is 4. The van der Waals surface area contributed by atoms with E-state index in [9.17, 15) is 71.9 Å². The zero-order chi connectivity index (χ0) is 59.0. The molecule has 0 unspecified atom stereocenters. The number of carboxylic acid groups (broad SMARTS) is 4. The van der Waals surface area contributed by atoms with Crippen LogP contribution >= 0.6 is 0 Å². The summed E-state index contributed by atoms with van der Waals surface area (Å²) in [7, 11) is 0. The molecule has 0 aliphatic heterocycles. The Balaban J connectivity index is 0.000000285. The third kappa shape index (κ3) is 20.1. The van der Waals surface area contributed by atoms with Gasteiger partial charge in [0.05, 0.1) is 22.3 Å². The minimum Gasteiger partial charge on any atom is -0.478 e. The van der Waals surface area contributed by atoms with Crippen molar-refractivity contribution in [2.24, 2.45) is 0 Å². The Hall–Kier alpha value is -9.24. The first-order valence-corrected chi connectivity index (χ1v) is 22.0. The zero-order valence-electron chi connectivity index (χ0n) is 40.5. The summed E-state index contributed by atoms with van der Waals surface area (Å²) < 4.78 is 151. The number of carbonyl (C=O) groups is 4. The van der Waals surface area contributed by atoms with E-state index in [1.54, 1.807) is 0 Å². The number of aromatic carboxylic acids is 4. The summed E-state index contributed by atoms with van der Waals surface area (Å²) in [5.41, 5.74) is -3.33. The molecule has 30 heteroatoms. The number of anilines is 8. The standard InChI is InChI=1S/4C13H9F3N2O2.2Cu/c4*14-13(15,16)8-3-1-4-9(7-8)18-11-10(12(19)20)5-2-6-17-11;;/h4*1-7H,(H,17,18)(H,19,20);;. The van der Waals surface area contributed by atoms with Crippen molar-refractivity contribution in [3.05, 3.63) is 215 Å². The zero-order valence-corrected chi connectivity index (χ0v) is 42.4. The molecule has 8 rings (SSSR count). The van der Waals surface area contributed by atoms with E-state index in [2.05, 4.69) is 41.2 Å². The summed E-state index contributed by atoms with van der Waals surface area (Å²) in [5, 5.41) is 46.2. The maximum Gasteiger partial charge on any atom is 0.416 e. The number of pyridine rings is 4. The monoisotopic (exact) mass is 1250 g/mol. The molecule has 16 nitrogen and oxygen atoms in total. The van der Waals surface area contributed by atoms with Gasteiger partial charge in [-0.1, -0.05) is 24.3 Å². The summed E-state index contributed by atoms with van der Waals surface area (Å²) in [6.07, 6.45) is -12.4. The molecule has 0 atom stereocenters. The van der Waals surface area contributed by atoms with E-state index in [1.165, 1.54) is 122 Å². The van der Waals surface area contributed by atoms with Crippen LogP contribution in [0.2, 0.25) is 0 Å². The van der Waals surface area contributed by atoms with Gasteiger partial charge in [-0.25, -0.2) is 39.1 Å². The molecule has 0 aliphatic rings. The maximum atomic E-state index is 12.6. The second-order valence-electron chi connectivity index (χ2n) is 15.6. The van der Waals surface area contributed by atoms with Crippen molar-refractivity contribution in [1.82, 2.24) is 19.9 Å². The molecule has 8 aromatic rings. The van der Waals surface area contributed by atoms with Gasteiger partial charge in [-0.3, -0.25) is 0 Å². The van der Waals surface area contributed by atoms with Gasteiger partial charge in [0.2, 0.25) is 0 Å². The first-order valence-electron chi connectivity index (χ1n) is 22.0. The van der Waals surface area contributed by atoms with E-state index >= 15 is 0 Å². The molecule has 4 aromatic heterocycles. The normalized spacial score (nSPS) is 10.9. The van der Waals surface area contributed by atoms with Crippen LogP contribution in [0.3, 0.4) is 0 Å². The Morgan fingerprint density at radius 1 is 0.305 bits per heavy atom. The third-order valence-electron chi connectivity index (χ3n) is 9.96. The molecule has 0 saturated heterocycles. The van der Waals surface area contributed by atoms with Crippen molar-refractivity contribution in [2.45, 2.75) is 24.7 Å².